The summed E-state index contributed by atoms with van der Waals surface area (Å²) in [4.78, 5) is 0.204. The number of hydrogen-bond acceptors (Lipinski definition) is 3. The van der Waals surface area contributed by atoms with Gasteiger partial charge in [0.1, 0.15) is 0 Å². The van der Waals surface area contributed by atoms with Gasteiger partial charge in [0.05, 0.1) is 4.90 Å². The van der Waals surface area contributed by atoms with Gasteiger partial charge in [-0.15, -0.1) is 0 Å². The molecule has 6 heteroatoms. The molecule has 0 heterocycles. The first-order chi connectivity index (χ1) is 8.53. The fourth-order valence-corrected chi connectivity index (χ4v) is 3.37. The van der Waals surface area contributed by atoms with Crippen molar-refractivity contribution in [1.29, 1.82) is 0 Å². The SMILES string of the molecule is O=S(=O)(NC(CCO)C1CC1)c1ccc(Cl)cc1. The Morgan fingerprint density at radius 3 is 2.44 bits per heavy atom. The summed E-state index contributed by atoms with van der Waals surface area (Å²) in [6.45, 7) is -0.00962. The molecule has 0 spiro atoms. The smallest absolute Gasteiger partial charge is 0.240 e. The number of benzene rings is 1. The van der Waals surface area contributed by atoms with Crippen molar-refractivity contribution in [2.45, 2.75) is 30.2 Å². The third kappa shape index (κ3) is 3.45. The topological polar surface area (TPSA) is 66.4 Å². The lowest BCUT2D eigenvalue weighted by molar-refractivity contribution is 0.265. The first-order valence-electron chi connectivity index (χ1n) is 5.91. The Labute approximate surface area is 112 Å². The van der Waals surface area contributed by atoms with Gasteiger partial charge in [-0.25, -0.2) is 13.1 Å². The molecule has 0 aromatic heterocycles. The summed E-state index contributed by atoms with van der Waals surface area (Å²) < 4.78 is 26.9. The first kappa shape index (κ1) is 13.8. The van der Waals surface area contributed by atoms with E-state index in [2.05, 4.69) is 4.72 Å². The van der Waals surface area contributed by atoms with Crippen molar-refractivity contribution in [3.63, 3.8) is 0 Å². The van der Waals surface area contributed by atoms with Crippen molar-refractivity contribution >= 4 is 21.6 Å². The van der Waals surface area contributed by atoms with Gasteiger partial charge in [-0.2, -0.15) is 0 Å². The molecule has 100 valence electrons. The van der Waals surface area contributed by atoms with Crippen molar-refractivity contribution in [3.05, 3.63) is 29.3 Å². The van der Waals surface area contributed by atoms with E-state index in [1.807, 2.05) is 0 Å². The molecule has 18 heavy (non-hydrogen) atoms. The molecule has 0 saturated heterocycles. The highest BCUT2D eigenvalue weighted by Crippen LogP contribution is 2.34. The molecule has 1 atom stereocenters. The Bertz CT molecular complexity index is 497. The van der Waals surface area contributed by atoms with Crippen LogP contribution in [-0.4, -0.2) is 26.2 Å². The number of aliphatic hydroxyl groups is 1. The molecule has 1 fully saturated rings. The van der Waals surface area contributed by atoms with Crippen LogP contribution in [0.2, 0.25) is 5.02 Å². The highest BCUT2D eigenvalue weighted by Gasteiger charge is 2.33. The second-order valence-electron chi connectivity index (χ2n) is 4.53. The zero-order valence-corrected chi connectivity index (χ0v) is 11.4. The first-order valence-corrected chi connectivity index (χ1v) is 7.78. The number of hydrogen-bond donors (Lipinski definition) is 2. The Morgan fingerprint density at radius 2 is 1.94 bits per heavy atom. The number of nitrogens with one attached hydrogen (secondary N) is 1. The minimum absolute atomic E-state index is 0.00962. The Balaban J connectivity index is 2.12. The van der Waals surface area contributed by atoms with Gasteiger partial charge in [0.15, 0.2) is 0 Å². The fourth-order valence-electron chi connectivity index (χ4n) is 1.91. The number of aliphatic hydroxyl groups excluding tert-OH is 1. The maximum Gasteiger partial charge on any atom is 0.240 e. The molecule has 1 unspecified atom stereocenters. The molecule has 4 nitrogen and oxygen atoms in total. The monoisotopic (exact) mass is 289 g/mol. The normalized spacial score (nSPS) is 17.7. The molecule has 1 aromatic rings. The van der Waals surface area contributed by atoms with Crippen LogP contribution in [-0.2, 0) is 10.0 Å². The fraction of sp³-hybridized carbons (Fsp3) is 0.500. The predicted octanol–water partition coefficient (Wildman–Crippen LogP) is 1.78. The molecule has 1 aromatic carbocycles. The highest BCUT2D eigenvalue weighted by molar-refractivity contribution is 7.89. The Morgan fingerprint density at radius 1 is 1.33 bits per heavy atom. The van der Waals surface area contributed by atoms with E-state index in [1.54, 1.807) is 12.1 Å². The van der Waals surface area contributed by atoms with Crippen LogP contribution in [0.3, 0.4) is 0 Å². The molecule has 1 aliphatic rings. The zero-order valence-electron chi connectivity index (χ0n) is 9.84. The summed E-state index contributed by atoms with van der Waals surface area (Å²) in [5.41, 5.74) is 0. The number of rotatable bonds is 6. The van der Waals surface area contributed by atoms with Crippen molar-refractivity contribution in [3.8, 4) is 0 Å². The van der Waals surface area contributed by atoms with E-state index < -0.39 is 10.0 Å². The zero-order chi connectivity index (χ0) is 13.2. The Hall–Kier alpha value is -0.620. The van der Waals surface area contributed by atoms with E-state index in [9.17, 15) is 8.42 Å². The van der Waals surface area contributed by atoms with Gasteiger partial charge in [0.2, 0.25) is 10.0 Å². The van der Waals surface area contributed by atoms with Crippen LogP contribution in [0.4, 0.5) is 0 Å². The van der Waals surface area contributed by atoms with E-state index in [-0.39, 0.29) is 17.5 Å². The lowest BCUT2D eigenvalue weighted by Gasteiger charge is -2.17. The van der Waals surface area contributed by atoms with Crippen LogP contribution in [0.25, 0.3) is 0 Å². The quantitative estimate of drug-likeness (QED) is 0.839. The number of halogens is 1. The molecular formula is C12H16ClNO3S. The largest absolute Gasteiger partial charge is 0.396 e. The van der Waals surface area contributed by atoms with Crippen molar-refractivity contribution in [1.82, 2.24) is 4.72 Å². The molecule has 2 N–H and O–H groups in total. The van der Waals surface area contributed by atoms with Crippen LogP contribution in [0.5, 0.6) is 0 Å². The molecule has 2 rings (SSSR count). The van der Waals surface area contributed by atoms with Gasteiger partial charge in [0, 0.05) is 17.7 Å². The standard InChI is InChI=1S/C12H16ClNO3S/c13-10-3-5-11(6-4-10)18(16,17)14-12(7-8-15)9-1-2-9/h3-6,9,12,14-15H,1-2,7-8H2. The van der Waals surface area contributed by atoms with Crippen LogP contribution in [0.15, 0.2) is 29.2 Å². The van der Waals surface area contributed by atoms with Crippen LogP contribution in [0.1, 0.15) is 19.3 Å². The van der Waals surface area contributed by atoms with Crippen LogP contribution >= 0.6 is 11.6 Å². The van der Waals surface area contributed by atoms with E-state index in [0.717, 1.165) is 12.8 Å². The van der Waals surface area contributed by atoms with E-state index in [1.165, 1.54) is 12.1 Å². The minimum Gasteiger partial charge on any atom is -0.396 e. The van der Waals surface area contributed by atoms with E-state index in [4.69, 9.17) is 16.7 Å². The molecular weight excluding hydrogens is 274 g/mol. The van der Waals surface area contributed by atoms with Crippen molar-refractivity contribution in [2.24, 2.45) is 5.92 Å². The summed E-state index contributed by atoms with van der Waals surface area (Å²) >= 11 is 5.73. The Kier molecular flexibility index (Phi) is 4.27. The van der Waals surface area contributed by atoms with Gasteiger partial charge >= 0.3 is 0 Å². The summed E-state index contributed by atoms with van der Waals surface area (Å²) in [6, 6.07) is 5.89. The van der Waals surface area contributed by atoms with Crippen molar-refractivity contribution < 1.29 is 13.5 Å². The second kappa shape index (κ2) is 5.57. The lowest BCUT2D eigenvalue weighted by atomic mass is 10.1. The predicted molar refractivity (Wildman–Crippen MR) is 70.0 cm³/mol. The minimum atomic E-state index is -3.52. The highest BCUT2D eigenvalue weighted by atomic mass is 35.5. The third-order valence-corrected chi connectivity index (χ3v) is 4.82. The maximum absolute atomic E-state index is 12.1. The van der Waals surface area contributed by atoms with E-state index >= 15 is 0 Å². The molecule has 0 aliphatic heterocycles. The molecule has 0 radical (unpaired) electrons. The van der Waals surface area contributed by atoms with Gasteiger partial charge < -0.3 is 5.11 Å². The average Bonchev–Trinajstić information content (AvgIpc) is 3.12. The van der Waals surface area contributed by atoms with Gasteiger partial charge in [-0.05, 0) is 49.4 Å². The molecule has 1 saturated carbocycles. The maximum atomic E-state index is 12.1. The van der Waals surface area contributed by atoms with Crippen LogP contribution in [0, 0.1) is 5.92 Å². The van der Waals surface area contributed by atoms with Gasteiger partial charge in [-0.3, -0.25) is 0 Å². The second-order valence-corrected chi connectivity index (χ2v) is 6.68. The molecule has 0 amide bonds. The van der Waals surface area contributed by atoms with Crippen molar-refractivity contribution in [2.75, 3.05) is 6.61 Å². The summed E-state index contributed by atoms with van der Waals surface area (Å²) in [5.74, 6) is 0.360. The average molecular weight is 290 g/mol. The summed E-state index contributed by atoms with van der Waals surface area (Å²) in [7, 11) is -3.52. The lowest BCUT2D eigenvalue weighted by Crippen LogP contribution is -2.37. The van der Waals surface area contributed by atoms with Crippen LogP contribution < -0.4 is 4.72 Å². The molecule has 0 bridgehead atoms. The third-order valence-electron chi connectivity index (χ3n) is 3.06. The van der Waals surface area contributed by atoms with Gasteiger partial charge in [-0.1, -0.05) is 11.6 Å². The van der Waals surface area contributed by atoms with E-state index in [0.29, 0.717) is 17.4 Å². The summed E-state index contributed by atoms with van der Waals surface area (Å²) in [5, 5.41) is 9.47. The summed E-state index contributed by atoms with van der Waals surface area (Å²) in [6.07, 6.45) is 2.50. The molecule has 1 aliphatic carbocycles. The number of sulfonamides is 1. The van der Waals surface area contributed by atoms with Gasteiger partial charge in [0.25, 0.3) is 0 Å².